The molecule has 7 heteroatoms. The molecule has 114 valence electrons. The second-order valence-corrected chi connectivity index (χ2v) is 5.74. The summed E-state index contributed by atoms with van der Waals surface area (Å²) in [6.45, 7) is 3.38. The Hall–Kier alpha value is -1.73. The first-order valence-electron chi connectivity index (χ1n) is 6.85. The summed E-state index contributed by atoms with van der Waals surface area (Å²) < 4.78 is 5.01. The molecule has 0 saturated carbocycles. The highest BCUT2D eigenvalue weighted by atomic mass is 32.1. The molecule has 0 atom stereocenters. The normalized spacial score (nSPS) is 11.0. The molecule has 0 radical (unpaired) electrons. The molecule has 2 aromatic rings. The van der Waals surface area contributed by atoms with Crippen LogP contribution in [0.5, 0.6) is 0 Å². The zero-order valence-corrected chi connectivity index (χ0v) is 13.0. The van der Waals surface area contributed by atoms with Gasteiger partial charge < -0.3 is 15.2 Å². The van der Waals surface area contributed by atoms with Gasteiger partial charge in [0.05, 0.1) is 5.39 Å². The van der Waals surface area contributed by atoms with E-state index in [9.17, 15) is 9.90 Å². The van der Waals surface area contributed by atoms with E-state index in [1.54, 1.807) is 14.0 Å². The van der Waals surface area contributed by atoms with Crippen LogP contribution in [-0.4, -0.2) is 41.3 Å². The van der Waals surface area contributed by atoms with Gasteiger partial charge in [0, 0.05) is 20.3 Å². The Labute approximate surface area is 127 Å². The Morgan fingerprint density at radius 1 is 1.38 bits per heavy atom. The Morgan fingerprint density at radius 2 is 2.19 bits per heavy atom. The Bertz CT molecular complexity index is 627. The van der Waals surface area contributed by atoms with Gasteiger partial charge in [0.25, 0.3) is 0 Å². The summed E-state index contributed by atoms with van der Waals surface area (Å²) in [5, 5.41) is 13.3. The van der Waals surface area contributed by atoms with Gasteiger partial charge in [0.2, 0.25) is 0 Å². The molecule has 0 aliphatic rings. The number of ether oxygens (including phenoxy) is 1. The molecule has 0 spiro atoms. The van der Waals surface area contributed by atoms with Crippen LogP contribution < -0.4 is 5.32 Å². The molecular weight excluding hydrogens is 290 g/mol. The quantitative estimate of drug-likeness (QED) is 0.729. The highest BCUT2D eigenvalue weighted by molar-refractivity contribution is 7.20. The molecular formula is C14H19N3O3S. The fraction of sp³-hybridized carbons (Fsp3) is 0.500. The molecule has 2 aromatic heterocycles. The van der Waals surface area contributed by atoms with Gasteiger partial charge in [-0.05, 0) is 31.7 Å². The number of fused-ring (bicyclic) bond motifs is 1. The highest BCUT2D eigenvalue weighted by Gasteiger charge is 2.18. The number of nitrogens with zero attached hydrogens (tertiary/aromatic N) is 2. The van der Waals surface area contributed by atoms with Crippen molar-refractivity contribution in [3.8, 4) is 0 Å². The van der Waals surface area contributed by atoms with Crippen molar-refractivity contribution in [1.29, 1.82) is 0 Å². The minimum atomic E-state index is -0.916. The smallest absolute Gasteiger partial charge is 0.346 e. The molecule has 2 rings (SSSR count). The lowest BCUT2D eigenvalue weighted by molar-refractivity contribution is 0.0701. The van der Waals surface area contributed by atoms with Crippen LogP contribution in [0.2, 0.25) is 0 Å². The monoisotopic (exact) mass is 309 g/mol. The molecule has 0 unspecified atom stereocenters. The van der Waals surface area contributed by atoms with Crippen molar-refractivity contribution >= 4 is 33.3 Å². The van der Waals surface area contributed by atoms with Crippen LogP contribution in [0, 0.1) is 6.92 Å². The summed E-state index contributed by atoms with van der Waals surface area (Å²) in [5.41, 5.74) is 0.727. The van der Waals surface area contributed by atoms with E-state index in [1.807, 2.05) is 0 Å². The van der Waals surface area contributed by atoms with Crippen molar-refractivity contribution in [2.45, 2.75) is 26.2 Å². The van der Waals surface area contributed by atoms with E-state index in [0.717, 1.165) is 43.4 Å². The van der Waals surface area contributed by atoms with Crippen molar-refractivity contribution < 1.29 is 14.6 Å². The summed E-state index contributed by atoms with van der Waals surface area (Å²) in [6, 6.07) is 0. The molecule has 2 N–H and O–H groups in total. The molecule has 0 aliphatic carbocycles. The largest absolute Gasteiger partial charge is 0.477 e. The van der Waals surface area contributed by atoms with Crippen molar-refractivity contribution in [2.75, 3.05) is 25.6 Å². The molecule has 0 aromatic carbocycles. The van der Waals surface area contributed by atoms with E-state index in [-0.39, 0.29) is 0 Å². The topological polar surface area (TPSA) is 84.3 Å². The van der Waals surface area contributed by atoms with Gasteiger partial charge in [-0.25, -0.2) is 14.8 Å². The number of thiophene rings is 1. The third-order valence-electron chi connectivity index (χ3n) is 3.24. The van der Waals surface area contributed by atoms with Crippen LogP contribution in [0.3, 0.4) is 0 Å². The van der Waals surface area contributed by atoms with Crippen molar-refractivity contribution in [3.63, 3.8) is 0 Å². The number of anilines is 1. The third kappa shape index (κ3) is 3.68. The molecule has 0 fully saturated rings. The number of hydrogen-bond donors (Lipinski definition) is 2. The lowest BCUT2D eigenvalue weighted by Gasteiger charge is -2.07. The molecule has 0 aliphatic heterocycles. The summed E-state index contributed by atoms with van der Waals surface area (Å²) in [4.78, 5) is 20.6. The van der Waals surface area contributed by atoms with E-state index >= 15 is 0 Å². The lowest BCUT2D eigenvalue weighted by Crippen LogP contribution is -2.05. The van der Waals surface area contributed by atoms with Crippen LogP contribution in [-0.2, 0) is 4.74 Å². The first-order chi connectivity index (χ1) is 10.1. The van der Waals surface area contributed by atoms with Gasteiger partial charge in [0.15, 0.2) is 0 Å². The van der Waals surface area contributed by atoms with Crippen LogP contribution >= 0.6 is 11.3 Å². The molecule has 0 bridgehead atoms. The zero-order chi connectivity index (χ0) is 15.2. The lowest BCUT2D eigenvalue weighted by atomic mass is 10.2. The Morgan fingerprint density at radius 3 is 2.90 bits per heavy atom. The fourth-order valence-corrected chi connectivity index (χ4v) is 3.15. The number of nitrogens with one attached hydrogen (secondary N) is 1. The number of unbranched alkanes of at least 4 members (excludes halogenated alkanes) is 2. The van der Waals surface area contributed by atoms with E-state index < -0.39 is 5.97 Å². The van der Waals surface area contributed by atoms with Crippen molar-refractivity contribution in [1.82, 2.24) is 9.97 Å². The van der Waals surface area contributed by atoms with Crippen molar-refractivity contribution in [2.24, 2.45) is 0 Å². The van der Waals surface area contributed by atoms with E-state index in [1.165, 1.54) is 17.7 Å². The Balaban J connectivity index is 2.08. The minimum Gasteiger partial charge on any atom is -0.477 e. The number of aromatic carboxylic acids is 1. The number of methoxy groups -OCH3 is 1. The molecule has 0 saturated heterocycles. The minimum absolute atomic E-state index is 0.327. The van der Waals surface area contributed by atoms with Crippen LogP contribution in [0.15, 0.2) is 6.33 Å². The molecule has 21 heavy (non-hydrogen) atoms. The second-order valence-electron chi connectivity index (χ2n) is 4.74. The van der Waals surface area contributed by atoms with Crippen LogP contribution in [0.4, 0.5) is 5.82 Å². The van der Waals surface area contributed by atoms with Crippen LogP contribution in [0.25, 0.3) is 10.2 Å². The first kappa shape index (κ1) is 15.7. The standard InChI is InChI=1S/C14H19N3O3S/c1-9-10-12(15-6-4-3-5-7-20-2)16-8-17-13(10)21-11(9)14(18)19/h8H,3-7H2,1-2H3,(H,18,19)(H,15,16,17). The average Bonchev–Trinajstić information content (AvgIpc) is 2.81. The van der Waals surface area contributed by atoms with Gasteiger partial charge >= 0.3 is 5.97 Å². The summed E-state index contributed by atoms with van der Waals surface area (Å²) in [5.74, 6) is -0.200. The number of rotatable bonds is 8. The first-order valence-corrected chi connectivity index (χ1v) is 7.67. The number of aryl methyl sites for hydroxylation is 1. The third-order valence-corrected chi connectivity index (χ3v) is 4.43. The maximum absolute atomic E-state index is 11.2. The van der Waals surface area contributed by atoms with E-state index in [4.69, 9.17) is 4.74 Å². The van der Waals surface area contributed by atoms with Crippen LogP contribution in [0.1, 0.15) is 34.5 Å². The number of carboxylic acid groups (broad SMARTS) is 1. The number of carbonyl (C=O) groups is 1. The van der Waals surface area contributed by atoms with Gasteiger partial charge in [0.1, 0.15) is 21.9 Å². The molecule has 6 nitrogen and oxygen atoms in total. The second kappa shape index (κ2) is 7.33. The zero-order valence-electron chi connectivity index (χ0n) is 12.2. The number of hydrogen-bond acceptors (Lipinski definition) is 6. The summed E-state index contributed by atoms with van der Waals surface area (Å²) in [7, 11) is 1.70. The van der Waals surface area contributed by atoms with E-state index in [0.29, 0.717) is 15.5 Å². The van der Waals surface area contributed by atoms with Gasteiger partial charge in [-0.3, -0.25) is 0 Å². The molecule has 0 amide bonds. The average molecular weight is 309 g/mol. The highest BCUT2D eigenvalue weighted by Crippen LogP contribution is 2.33. The van der Waals surface area contributed by atoms with Gasteiger partial charge in [-0.2, -0.15) is 0 Å². The Kier molecular flexibility index (Phi) is 5.46. The number of aromatic nitrogens is 2. The molecule has 2 heterocycles. The van der Waals surface area contributed by atoms with E-state index in [2.05, 4.69) is 15.3 Å². The predicted octanol–water partition coefficient (Wildman–Crippen LogP) is 2.93. The predicted molar refractivity (Wildman–Crippen MR) is 83.3 cm³/mol. The van der Waals surface area contributed by atoms with Gasteiger partial charge in [-0.1, -0.05) is 0 Å². The van der Waals surface area contributed by atoms with Gasteiger partial charge in [-0.15, -0.1) is 11.3 Å². The maximum Gasteiger partial charge on any atom is 0.346 e. The maximum atomic E-state index is 11.2. The van der Waals surface area contributed by atoms with Crippen molar-refractivity contribution in [3.05, 3.63) is 16.8 Å². The number of carboxylic acids is 1. The fourth-order valence-electron chi connectivity index (χ4n) is 2.16. The summed E-state index contributed by atoms with van der Waals surface area (Å²) >= 11 is 1.19. The summed E-state index contributed by atoms with van der Waals surface area (Å²) in [6.07, 6.45) is 4.61. The SMILES string of the molecule is COCCCCCNc1ncnc2sc(C(=O)O)c(C)c12.